The molecule has 3 aromatic rings. The van der Waals surface area contributed by atoms with Gasteiger partial charge in [0.2, 0.25) is 0 Å². The van der Waals surface area contributed by atoms with Crippen LogP contribution in [0, 0.1) is 5.82 Å². The number of carboxylic acids is 1. The molecule has 0 aromatic heterocycles. The maximum Gasteiger partial charge on any atom is 0.303 e. The first-order valence-corrected chi connectivity index (χ1v) is 11.2. The summed E-state index contributed by atoms with van der Waals surface area (Å²) < 4.78 is 13.8. The smallest absolute Gasteiger partial charge is 0.303 e. The van der Waals surface area contributed by atoms with E-state index in [1.807, 2.05) is 48.5 Å². The van der Waals surface area contributed by atoms with E-state index in [1.54, 1.807) is 6.07 Å². The first kappa shape index (κ1) is 23.2. The second-order valence-corrected chi connectivity index (χ2v) is 8.09. The first-order valence-electron chi connectivity index (χ1n) is 11.2. The minimum Gasteiger partial charge on any atom is -0.481 e. The van der Waals surface area contributed by atoms with E-state index in [0.717, 1.165) is 35.5 Å². The molecule has 0 fully saturated rings. The fraction of sp³-hybridized carbons (Fsp3) is 0.185. The van der Waals surface area contributed by atoms with Gasteiger partial charge in [0.05, 0.1) is 17.0 Å². The molecule has 4 rings (SSSR count). The van der Waals surface area contributed by atoms with Gasteiger partial charge in [-0.15, -0.1) is 0 Å². The van der Waals surface area contributed by atoms with Crippen molar-refractivity contribution in [3.63, 3.8) is 0 Å². The van der Waals surface area contributed by atoms with Crippen LogP contribution in [0.1, 0.15) is 35.6 Å². The summed E-state index contributed by atoms with van der Waals surface area (Å²) in [6.07, 6.45) is 0.469. The molecule has 1 heterocycles. The molecule has 34 heavy (non-hydrogen) atoms. The van der Waals surface area contributed by atoms with Crippen LogP contribution >= 0.6 is 0 Å². The normalized spacial score (nSPS) is 13.9. The summed E-state index contributed by atoms with van der Waals surface area (Å²) in [5.41, 5.74) is 5.66. The highest BCUT2D eigenvalue weighted by Crippen LogP contribution is 2.38. The van der Waals surface area contributed by atoms with Gasteiger partial charge in [0.1, 0.15) is 5.82 Å². The number of benzene rings is 3. The molecule has 0 unspecified atom stereocenters. The van der Waals surface area contributed by atoms with Gasteiger partial charge in [-0.05, 0) is 60.0 Å². The lowest BCUT2D eigenvalue weighted by molar-refractivity contribution is -0.137. The predicted molar refractivity (Wildman–Crippen MR) is 132 cm³/mol. The van der Waals surface area contributed by atoms with E-state index in [9.17, 15) is 14.0 Å². The highest BCUT2D eigenvalue weighted by atomic mass is 19.1. The largest absolute Gasteiger partial charge is 0.481 e. The van der Waals surface area contributed by atoms with Gasteiger partial charge < -0.3 is 21.1 Å². The molecule has 0 saturated carbocycles. The van der Waals surface area contributed by atoms with Crippen LogP contribution < -0.4 is 16.0 Å². The zero-order chi connectivity index (χ0) is 24.1. The molecule has 0 saturated heterocycles. The molecule has 7 heteroatoms. The van der Waals surface area contributed by atoms with Crippen molar-refractivity contribution < 1.29 is 19.1 Å². The van der Waals surface area contributed by atoms with Gasteiger partial charge in [-0.3, -0.25) is 9.59 Å². The maximum absolute atomic E-state index is 13.8. The van der Waals surface area contributed by atoms with Crippen molar-refractivity contribution in [2.45, 2.75) is 26.3 Å². The lowest BCUT2D eigenvalue weighted by Gasteiger charge is -2.16. The predicted octanol–water partition coefficient (Wildman–Crippen LogP) is 4.88. The van der Waals surface area contributed by atoms with Crippen LogP contribution in [0.4, 0.5) is 15.8 Å². The van der Waals surface area contributed by atoms with E-state index in [2.05, 4.69) is 22.9 Å². The van der Waals surface area contributed by atoms with Crippen LogP contribution in [-0.2, 0) is 22.6 Å². The fourth-order valence-corrected chi connectivity index (χ4v) is 3.88. The molecule has 0 aliphatic carbocycles. The average Bonchev–Trinajstić information content (AvgIpc) is 3.15. The highest BCUT2D eigenvalue weighted by Gasteiger charge is 2.28. The Morgan fingerprint density at radius 1 is 1.00 bits per heavy atom. The number of nitrogens with one attached hydrogen (secondary N) is 3. The Labute approximate surface area is 197 Å². The lowest BCUT2D eigenvalue weighted by atomic mass is 9.98. The second kappa shape index (κ2) is 10.3. The summed E-state index contributed by atoms with van der Waals surface area (Å²) >= 11 is 0. The number of anilines is 2. The van der Waals surface area contributed by atoms with Gasteiger partial charge in [-0.25, -0.2) is 4.39 Å². The Balaban J connectivity index is 1.73. The van der Waals surface area contributed by atoms with Gasteiger partial charge in [0.25, 0.3) is 5.91 Å². The van der Waals surface area contributed by atoms with E-state index in [1.165, 1.54) is 12.1 Å². The van der Waals surface area contributed by atoms with Gasteiger partial charge in [0, 0.05) is 24.2 Å². The highest BCUT2D eigenvalue weighted by molar-refractivity contribution is 6.37. The number of rotatable bonds is 9. The van der Waals surface area contributed by atoms with Gasteiger partial charge >= 0.3 is 5.97 Å². The second-order valence-electron chi connectivity index (χ2n) is 8.09. The molecule has 4 N–H and O–H groups in total. The van der Waals surface area contributed by atoms with Crippen molar-refractivity contribution in [3.05, 3.63) is 94.8 Å². The molecule has 0 atom stereocenters. The number of carbonyl (C=O) groups excluding carboxylic acids is 1. The molecular formula is C27H26FN3O3. The standard InChI is InChI=1S/C27H26FN3O3/c1-2-29-16-18-5-11-21(12-6-18)30-26(19-8-3-17(4-9-19)7-14-24(32)33)25-22-13-10-20(28)15-23(22)31-27(25)34/h3-6,8-13,15,29-30H,2,7,14,16H2,1H3,(H,31,34)(H,32,33)/b26-25-. The third kappa shape index (κ3) is 5.32. The van der Waals surface area contributed by atoms with Crippen molar-refractivity contribution in [3.8, 4) is 0 Å². The third-order valence-corrected chi connectivity index (χ3v) is 5.65. The Hall–Kier alpha value is -3.97. The monoisotopic (exact) mass is 459 g/mol. The molecule has 1 aliphatic rings. The number of hydrogen-bond acceptors (Lipinski definition) is 4. The first-order chi connectivity index (χ1) is 16.4. The Kier molecular flexibility index (Phi) is 7.04. The van der Waals surface area contributed by atoms with E-state index < -0.39 is 11.8 Å². The summed E-state index contributed by atoms with van der Waals surface area (Å²) in [6.45, 7) is 3.70. The summed E-state index contributed by atoms with van der Waals surface area (Å²) in [7, 11) is 0. The number of amides is 1. The fourth-order valence-electron chi connectivity index (χ4n) is 3.88. The summed E-state index contributed by atoms with van der Waals surface area (Å²) in [5.74, 6) is -1.59. The molecule has 6 nitrogen and oxygen atoms in total. The van der Waals surface area contributed by atoms with Crippen molar-refractivity contribution in [1.29, 1.82) is 0 Å². The zero-order valence-corrected chi connectivity index (χ0v) is 18.8. The zero-order valence-electron chi connectivity index (χ0n) is 18.8. The number of fused-ring (bicyclic) bond motifs is 1. The maximum atomic E-state index is 13.8. The Morgan fingerprint density at radius 3 is 2.38 bits per heavy atom. The molecule has 174 valence electrons. The molecular weight excluding hydrogens is 433 g/mol. The van der Waals surface area contributed by atoms with Crippen molar-refractivity contribution in [1.82, 2.24) is 5.32 Å². The number of carboxylic acid groups (broad SMARTS) is 1. The van der Waals surface area contributed by atoms with Crippen molar-refractivity contribution >= 4 is 34.5 Å². The van der Waals surface area contributed by atoms with Crippen molar-refractivity contribution in [2.24, 2.45) is 0 Å². The van der Waals surface area contributed by atoms with Crippen LogP contribution in [0.25, 0.3) is 11.3 Å². The Morgan fingerprint density at radius 2 is 1.71 bits per heavy atom. The quantitative estimate of drug-likeness (QED) is 0.342. The molecule has 0 radical (unpaired) electrons. The number of aryl methyl sites for hydroxylation is 1. The minimum absolute atomic E-state index is 0.0477. The number of aliphatic carboxylic acids is 1. The molecule has 0 spiro atoms. The van der Waals surface area contributed by atoms with Crippen LogP contribution in [-0.4, -0.2) is 23.5 Å². The van der Waals surface area contributed by atoms with Crippen LogP contribution in [0.15, 0.2) is 66.7 Å². The molecule has 0 bridgehead atoms. The minimum atomic E-state index is -0.849. The van der Waals surface area contributed by atoms with Crippen LogP contribution in [0.2, 0.25) is 0 Å². The number of carbonyl (C=O) groups is 2. The number of hydrogen-bond donors (Lipinski definition) is 4. The van der Waals surface area contributed by atoms with E-state index in [-0.39, 0.29) is 12.3 Å². The molecule has 1 amide bonds. The molecule has 1 aliphatic heterocycles. The van der Waals surface area contributed by atoms with Crippen LogP contribution in [0.3, 0.4) is 0 Å². The van der Waals surface area contributed by atoms with Crippen LogP contribution in [0.5, 0.6) is 0 Å². The van der Waals surface area contributed by atoms with E-state index in [0.29, 0.717) is 28.9 Å². The molecule has 3 aromatic carbocycles. The van der Waals surface area contributed by atoms with E-state index in [4.69, 9.17) is 5.11 Å². The summed E-state index contributed by atoms with van der Waals surface area (Å²) in [6, 6.07) is 19.6. The SMILES string of the molecule is CCNCc1ccc(N/C(=C2\C(=O)Nc3cc(F)ccc32)c2ccc(CCC(=O)O)cc2)cc1. The number of halogens is 1. The average molecular weight is 460 g/mol. The van der Waals surface area contributed by atoms with Gasteiger partial charge in [0.15, 0.2) is 0 Å². The third-order valence-electron chi connectivity index (χ3n) is 5.65. The topological polar surface area (TPSA) is 90.5 Å². The van der Waals surface area contributed by atoms with Gasteiger partial charge in [-0.1, -0.05) is 43.3 Å². The van der Waals surface area contributed by atoms with E-state index >= 15 is 0 Å². The summed E-state index contributed by atoms with van der Waals surface area (Å²) in [5, 5.41) is 18.4. The lowest BCUT2D eigenvalue weighted by Crippen LogP contribution is -2.12. The van der Waals surface area contributed by atoms with Crippen molar-refractivity contribution in [2.75, 3.05) is 17.2 Å². The van der Waals surface area contributed by atoms with Gasteiger partial charge in [-0.2, -0.15) is 0 Å². The Bertz CT molecular complexity index is 1230. The summed E-state index contributed by atoms with van der Waals surface area (Å²) in [4.78, 5) is 23.9.